The van der Waals surface area contributed by atoms with E-state index >= 15 is 0 Å². The van der Waals surface area contributed by atoms with Gasteiger partial charge in [0, 0.05) is 0 Å². The van der Waals surface area contributed by atoms with Crippen LogP contribution in [0.25, 0.3) is 0 Å². The van der Waals surface area contributed by atoms with Gasteiger partial charge in [0.2, 0.25) is 14.8 Å². The average Bonchev–Trinajstić information content (AvgIpc) is 2.55. The smallest absolute Gasteiger partial charge is 0.251 e. The molecule has 12 nitrogen and oxygen atoms in total. The minimum atomic E-state index is -3.77. The molecule has 0 saturated heterocycles. The lowest BCUT2D eigenvalue weighted by Gasteiger charge is -2.06. The summed E-state index contributed by atoms with van der Waals surface area (Å²) >= 11 is 0. The van der Waals surface area contributed by atoms with Crippen molar-refractivity contribution in [2.24, 2.45) is 0 Å². The monoisotopic (exact) mass is 218 g/mol. The van der Waals surface area contributed by atoms with Crippen molar-refractivity contribution in [1.29, 1.82) is 0 Å². The van der Waals surface area contributed by atoms with Crippen molar-refractivity contribution >= 4 is 0 Å². The molecule has 0 aliphatic carbocycles. The molecule has 0 fully saturated rings. The zero-order chi connectivity index (χ0) is 11.6. The van der Waals surface area contributed by atoms with Gasteiger partial charge in [0.05, 0.1) is 12.4 Å². The van der Waals surface area contributed by atoms with Gasteiger partial charge >= 0.3 is 5.91 Å². The highest BCUT2D eigenvalue weighted by molar-refractivity contribution is 4.66. The number of hydrogen-bond acceptors (Lipinski definition) is 8. The third-order valence-electron chi connectivity index (χ3n) is 1.46. The molecule has 0 amide bonds. The fourth-order valence-electron chi connectivity index (χ4n) is 0.819. The molecular weight excluding hydrogens is 216 g/mol. The summed E-state index contributed by atoms with van der Waals surface area (Å²) in [6, 6.07) is 0. The van der Waals surface area contributed by atoms with Crippen molar-refractivity contribution in [1.82, 2.24) is 15.0 Å². The van der Waals surface area contributed by atoms with E-state index in [1.165, 1.54) is 0 Å². The lowest BCUT2D eigenvalue weighted by molar-refractivity contribution is -1.01. The van der Waals surface area contributed by atoms with Crippen LogP contribution in [0.1, 0.15) is 0 Å². The average molecular weight is 218 g/mol. The van der Waals surface area contributed by atoms with Gasteiger partial charge in [-0.15, -0.1) is 5.10 Å². The molecule has 0 aliphatic heterocycles. The maximum Gasteiger partial charge on any atom is 0.822 e. The summed E-state index contributed by atoms with van der Waals surface area (Å²) in [4.78, 5) is 26.3. The van der Waals surface area contributed by atoms with Crippen molar-refractivity contribution in [3.63, 3.8) is 0 Å². The molecule has 1 aromatic heterocycles. The van der Waals surface area contributed by atoms with Crippen LogP contribution in [0.4, 0.5) is 0 Å². The largest absolute Gasteiger partial charge is 0.822 e. The molecular formula is C3H2N6O6. The first-order chi connectivity index (χ1) is 6.94. The number of aromatic nitrogens is 3. The van der Waals surface area contributed by atoms with E-state index in [0.29, 0.717) is 6.20 Å². The first-order valence-corrected chi connectivity index (χ1v) is 3.24. The van der Waals surface area contributed by atoms with Crippen molar-refractivity contribution in [3.8, 4) is 0 Å². The van der Waals surface area contributed by atoms with Crippen LogP contribution in [0.5, 0.6) is 0 Å². The maximum atomic E-state index is 10.4. The maximum absolute atomic E-state index is 10.4. The Balaban J connectivity index is 3.47. The molecule has 15 heavy (non-hydrogen) atoms. The lowest BCUT2D eigenvalue weighted by Crippen LogP contribution is -2.55. The zero-order valence-electron chi connectivity index (χ0n) is 6.79. The van der Waals surface area contributed by atoms with Crippen molar-refractivity contribution < 1.29 is 14.8 Å². The Hall–Kier alpha value is -2.66. The summed E-state index contributed by atoms with van der Waals surface area (Å²) in [6.45, 7) is 0. The molecule has 0 unspecified atom stereocenters. The van der Waals surface area contributed by atoms with Gasteiger partial charge in [-0.2, -0.15) is 0 Å². The second-order valence-electron chi connectivity index (χ2n) is 2.22. The minimum absolute atomic E-state index is 0.0486. The molecule has 12 heteroatoms. The number of nitro groups is 3. The predicted molar refractivity (Wildman–Crippen MR) is 39.0 cm³/mol. The van der Waals surface area contributed by atoms with Gasteiger partial charge in [0.1, 0.15) is 0 Å². The minimum Gasteiger partial charge on any atom is -0.251 e. The Morgan fingerprint density at radius 3 is 1.80 bits per heavy atom. The molecule has 0 radical (unpaired) electrons. The van der Waals surface area contributed by atoms with Gasteiger partial charge < -0.3 is 0 Å². The first kappa shape index (κ1) is 10.4. The van der Waals surface area contributed by atoms with E-state index in [-0.39, 0.29) is 4.68 Å². The zero-order valence-corrected chi connectivity index (χ0v) is 6.79. The van der Waals surface area contributed by atoms with Crippen LogP contribution < -0.4 is 0 Å². The van der Waals surface area contributed by atoms with E-state index in [4.69, 9.17) is 0 Å². The fraction of sp³-hybridized carbons (Fsp3) is 0.333. The number of rotatable bonds is 4. The lowest BCUT2D eigenvalue weighted by atomic mass is 10.6. The van der Waals surface area contributed by atoms with Crippen LogP contribution in [0, 0.1) is 30.3 Å². The molecule has 0 atom stereocenters. The van der Waals surface area contributed by atoms with Gasteiger partial charge in [-0.3, -0.25) is 30.3 Å². The Bertz CT molecular complexity index is 374. The summed E-state index contributed by atoms with van der Waals surface area (Å²) in [5.41, 5.74) is 0. The third kappa shape index (κ3) is 1.23. The van der Waals surface area contributed by atoms with Gasteiger partial charge in [-0.25, -0.2) is 0 Å². The Morgan fingerprint density at radius 2 is 1.53 bits per heavy atom. The first-order valence-electron chi connectivity index (χ1n) is 3.24. The second-order valence-corrected chi connectivity index (χ2v) is 2.22. The Kier molecular flexibility index (Phi) is 2.25. The Morgan fingerprint density at radius 1 is 1.07 bits per heavy atom. The summed E-state index contributed by atoms with van der Waals surface area (Å²) in [7, 11) is 0. The summed E-state index contributed by atoms with van der Waals surface area (Å²) in [5, 5.41) is 37.2. The summed E-state index contributed by atoms with van der Waals surface area (Å²) in [5.74, 6) is -3.77. The van der Waals surface area contributed by atoms with Gasteiger partial charge in [0.25, 0.3) is 0 Å². The molecule has 0 bridgehead atoms. The van der Waals surface area contributed by atoms with Crippen molar-refractivity contribution in [2.75, 3.05) is 0 Å². The molecule has 1 heterocycles. The highest BCUT2D eigenvalue weighted by Crippen LogP contribution is 2.17. The van der Waals surface area contributed by atoms with Gasteiger partial charge in [-0.1, -0.05) is 0 Å². The summed E-state index contributed by atoms with van der Waals surface area (Å²) in [6.07, 6.45) is 1.51. The predicted octanol–water partition coefficient (Wildman–Crippen LogP) is -1.32. The quantitative estimate of drug-likeness (QED) is 0.341. The second kappa shape index (κ2) is 3.24. The van der Waals surface area contributed by atoms with E-state index in [0.717, 1.165) is 6.20 Å². The number of hydrogen-bond donors (Lipinski definition) is 0. The third-order valence-corrected chi connectivity index (χ3v) is 1.46. The van der Waals surface area contributed by atoms with E-state index in [1.807, 2.05) is 0 Å². The molecule has 1 rings (SSSR count). The van der Waals surface area contributed by atoms with Crippen LogP contribution in [-0.4, -0.2) is 29.8 Å². The number of nitrogens with zero attached hydrogens (tertiary/aromatic N) is 6. The fourth-order valence-corrected chi connectivity index (χ4v) is 0.819. The molecule has 0 aliphatic rings. The van der Waals surface area contributed by atoms with E-state index in [9.17, 15) is 30.3 Å². The van der Waals surface area contributed by atoms with Crippen molar-refractivity contribution in [2.45, 2.75) is 5.91 Å². The van der Waals surface area contributed by atoms with E-state index < -0.39 is 20.7 Å². The molecule has 0 spiro atoms. The molecule has 80 valence electrons. The van der Waals surface area contributed by atoms with Gasteiger partial charge in [0.15, 0.2) is 0 Å². The van der Waals surface area contributed by atoms with E-state index in [1.54, 1.807) is 0 Å². The Labute approximate surface area is 79.6 Å². The standard InChI is InChI=1S/C3H2N6O6/c10-7(11)3(8(12)13,9(14)15)6-2-1-4-5-6/h1-2H. The van der Waals surface area contributed by atoms with Crippen LogP contribution in [0.2, 0.25) is 0 Å². The molecule has 1 aromatic rings. The molecule has 0 aromatic carbocycles. The van der Waals surface area contributed by atoms with Crippen LogP contribution in [-0.2, 0) is 5.91 Å². The van der Waals surface area contributed by atoms with Crippen LogP contribution in [0.3, 0.4) is 0 Å². The van der Waals surface area contributed by atoms with Crippen molar-refractivity contribution in [3.05, 3.63) is 42.7 Å². The molecule has 0 saturated carbocycles. The molecule has 0 N–H and O–H groups in total. The highest BCUT2D eigenvalue weighted by atomic mass is 16.7. The van der Waals surface area contributed by atoms with E-state index in [2.05, 4.69) is 10.3 Å². The SMILES string of the molecule is O=[N+]([O-])C(n1ccnn1)([N+](=O)[O-])[N+](=O)[O-]. The summed E-state index contributed by atoms with van der Waals surface area (Å²) < 4.78 is -0.0486. The highest BCUT2D eigenvalue weighted by Gasteiger charge is 2.75. The van der Waals surface area contributed by atoms with Crippen LogP contribution >= 0.6 is 0 Å². The topological polar surface area (TPSA) is 160 Å². The van der Waals surface area contributed by atoms with Gasteiger partial charge in [-0.05, 0) is 9.90 Å². The normalized spacial score (nSPS) is 10.9. The van der Waals surface area contributed by atoms with Crippen LogP contribution in [0.15, 0.2) is 12.4 Å².